The van der Waals surface area contributed by atoms with Gasteiger partial charge in [-0.2, -0.15) is 0 Å². The van der Waals surface area contributed by atoms with Gasteiger partial charge < -0.3 is 10.2 Å². The molecule has 1 saturated heterocycles. The molecule has 2 amide bonds. The van der Waals surface area contributed by atoms with Crippen LogP contribution in [0.4, 0.5) is 5.69 Å². The summed E-state index contributed by atoms with van der Waals surface area (Å²) in [6.07, 6.45) is 0.273. The number of thiophene rings is 1. The summed E-state index contributed by atoms with van der Waals surface area (Å²) >= 11 is 1.63. The second kappa shape index (κ2) is 7.40. The minimum absolute atomic E-state index is 0.0184. The van der Waals surface area contributed by atoms with E-state index in [9.17, 15) is 9.59 Å². The molecular weight excluding hydrogens is 332 g/mol. The number of benzene rings is 1. The maximum atomic E-state index is 12.6. The number of carbonyl (C=O) groups is 2. The van der Waals surface area contributed by atoms with E-state index in [0.717, 1.165) is 10.6 Å². The number of hydrogen-bond donors (Lipinski definition) is 1. The average Bonchev–Trinajstić information content (AvgIpc) is 3.24. The van der Waals surface area contributed by atoms with Crippen molar-refractivity contribution in [2.24, 2.45) is 5.92 Å². The Morgan fingerprint density at radius 2 is 2.04 bits per heavy atom. The first-order valence-electron chi connectivity index (χ1n) is 8.70. The third-order valence-electron chi connectivity index (χ3n) is 4.67. The van der Waals surface area contributed by atoms with Crippen LogP contribution in [-0.4, -0.2) is 18.4 Å². The van der Waals surface area contributed by atoms with Crippen LogP contribution in [0.2, 0.25) is 0 Å². The van der Waals surface area contributed by atoms with Gasteiger partial charge in [0.1, 0.15) is 0 Å². The summed E-state index contributed by atoms with van der Waals surface area (Å²) in [5.41, 5.74) is 2.09. The second-order valence-electron chi connectivity index (χ2n) is 6.90. The summed E-state index contributed by atoms with van der Waals surface area (Å²) in [5.74, 6) is 0.0858. The van der Waals surface area contributed by atoms with Crippen LogP contribution in [-0.2, 0) is 9.59 Å². The second-order valence-corrected chi connectivity index (χ2v) is 7.88. The Hall–Kier alpha value is -2.14. The minimum Gasteiger partial charge on any atom is -0.348 e. The minimum atomic E-state index is -0.294. The summed E-state index contributed by atoms with van der Waals surface area (Å²) in [6.45, 7) is 6.69. The lowest BCUT2D eigenvalue weighted by Gasteiger charge is -2.19. The SMILES string of the molecule is CC(C)c1cccc(N2C[C@H](C(=O)N[C@@H](C)c3cccs3)CC2=O)c1. The highest BCUT2D eigenvalue weighted by Gasteiger charge is 2.35. The molecule has 1 aliphatic heterocycles. The summed E-state index contributed by atoms with van der Waals surface area (Å²) in [7, 11) is 0. The maximum absolute atomic E-state index is 12.6. The van der Waals surface area contributed by atoms with Crippen molar-refractivity contribution in [1.29, 1.82) is 0 Å². The number of hydrogen-bond acceptors (Lipinski definition) is 3. The van der Waals surface area contributed by atoms with E-state index >= 15 is 0 Å². The average molecular weight is 356 g/mol. The quantitative estimate of drug-likeness (QED) is 0.877. The van der Waals surface area contributed by atoms with Crippen LogP contribution >= 0.6 is 11.3 Å². The molecule has 0 bridgehead atoms. The van der Waals surface area contributed by atoms with Crippen molar-refractivity contribution in [1.82, 2.24) is 5.32 Å². The van der Waals surface area contributed by atoms with Gasteiger partial charge in [0.2, 0.25) is 11.8 Å². The molecule has 4 nitrogen and oxygen atoms in total. The van der Waals surface area contributed by atoms with E-state index in [0.29, 0.717) is 12.5 Å². The van der Waals surface area contributed by atoms with Crippen LogP contribution in [0.3, 0.4) is 0 Å². The van der Waals surface area contributed by atoms with Crippen LogP contribution in [0.15, 0.2) is 41.8 Å². The number of rotatable bonds is 5. The van der Waals surface area contributed by atoms with Gasteiger partial charge in [-0.15, -0.1) is 11.3 Å². The number of amides is 2. The Morgan fingerprint density at radius 1 is 1.24 bits per heavy atom. The van der Waals surface area contributed by atoms with Crippen LogP contribution in [0.1, 0.15) is 49.6 Å². The molecule has 1 aliphatic rings. The molecule has 25 heavy (non-hydrogen) atoms. The smallest absolute Gasteiger partial charge is 0.227 e. The molecule has 2 atom stereocenters. The Bertz CT molecular complexity index is 755. The van der Waals surface area contributed by atoms with Gasteiger partial charge in [0, 0.05) is 23.5 Å². The molecule has 5 heteroatoms. The topological polar surface area (TPSA) is 49.4 Å². The lowest BCUT2D eigenvalue weighted by molar-refractivity contribution is -0.126. The maximum Gasteiger partial charge on any atom is 0.227 e. The molecule has 2 aromatic rings. The van der Waals surface area contributed by atoms with E-state index in [1.54, 1.807) is 16.2 Å². The van der Waals surface area contributed by atoms with Crippen molar-refractivity contribution in [3.63, 3.8) is 0 Å². The van der Waals surface area contributed by atoms with E-state index in [1.807, 2.05) is 36.6 Å². The van der Waals surface area contributed by atoms with Gasteiger partial charge in [-0.05, 0) is 42.0 Å². The van der Waals surface area contributed by atoms with E-state index < -0.39 is 0 Å². The predicted octanol–water partition coefficient (Wildman–Crippen LogP) is 4.10. The van der Waals surface area contributed by atoms with Gasteiger partial charge in [-0.3, -0.25) is 9.59 Å². The fraction of sp³-hybridized carbons (Fsp3) is 0.400. The molecule has 0 radical (unpaired) electrons. The van der Waals surface area contributed by atoms with Gasteiger partial charge >= 0.3 is 0 Å². The standard InChI is InChI=1S/C20H24N2O2S/c1-13(2)15-6-4-7-17(10-15)22-12-16(11-19(22)23)20(24)21-14(3)18-8-5-9-25-18/h4-10,13-14,16H,11-12H2,1-3H3,(H,21,24)/t14-,16+/m0/s1. The molecule has 0 unspecified atom stereocenters. The molecule has 1 aromatic carbocycles. The molecule has 1 N–H and O–H groups in total. The largest absolute Gasteiger partial charge is 0.348 e. The summed E-state index contributed by atoms with van der Waals surface area (Å²) < 4.78 is 0. The summed E-state index contributed by atoms with van der Waals surface area (Å²) in [6, 6.07) is 12.0. The third kappa shape index (κ3) is 3.93. The Kier molecular flexibility index (Phi) is 5.23. The number of nitrogens with zero attached hydrogens (tertiary/aromatic N) is 1. The highest BCUT2D eigenvalue weighted by Crippen LogP contribution is 2.28. The van der Waals surface area contributed by atoms with Gasteiger partial charge in [-0.25, -0.2) is 0 Å². The van der Waals surface area contributed by atoms with E-state index in [2.05, 4.69) is 31.3 Å². The van der Waals surface area contributed by atoms with Crippen molar-refractivity contribution >= 4 is 28.8 Å². The van der Waals surface area contributed by atoms with Gasteiger partial charge in [-0.1, -0.05) is 32.0 Å². The molecule has 0 saturated carbocycles. The fourth-order valence-corrected chi connectivity index (χ4v) is 3.86. The third-order valence-corrected chi connectivity index (χ3v) is 5.73. The lowest BCUT2D eigenvalue weighted by atomic mass is 10.0. The van der Waals surface area contributed by atoms with Gasteiger partial charge in [0.25, 0.3) is 0 Å². The Morgan fingerprint density at radius 3 is 2.72 bits per heavy atom. The predicted molar refractivity (Wildman–Crippen MR) is 102 cm³/mol. The zero-order chi connectivity index (χ0) is 18.0. The monoisotopic (exact) mass is 356 g/mol. The Labute approximate surface area is 152 Å². The highest BCUT2D eigenvalue weighted by atomic mass is 32.1. The molecule has 132 valence electrons. The molecule has 0 aliphatic carbocycles. The van der Waals surface area contributed by atoms with Gasteiger partial charge in [0.15, 0.2) is 0 Å². The van der Waals surface area contributed by atoms with Crippen LogP contribution in [0.5, 0.6) is 0 Å². The number of carbonyl (C=O) groups excluding carboxylic acids is 2. The summed E-state index contributed by atoms with van der Waals surface area (Å²) in [4.78, 5) is 27.9. The molecular formula is C20H24N2O2S. The summed E-state index contributed by atoms with van der Waals surface area (Å²) in [5, 5.41) is 5.04. The zero-order valence-electron chi connectivity index (χ0n) is 14.9. The fourth-order valence-electron chi connectivity index (χ4n) is 3.12. The highest BCUT2D eigenvalue weighted by molar-refractivity contribution is 7.10. The lowest BCUT2D eigenvalue weighted by Crippen LogP contribution is -2.34. The first-order valence-corrected chi connectivity index (χ1v) is 9.57. The van der Waals surface area contributed by atoms with E-state index in [1.165, 1.54) is 5.56 Å². The normalized spacial score (nSPS) is 18.6. The molecule has 2 heterocycles. The number of nitrogens with one attached hydrogen (secondary N) is 1. The van der Waals surface area contributed by atoms with Crippen LogP contribution < -0.4 is 10.2 Å². The van der Waals surface area contributed by atoms with Crippen molar-refractivity contribution in [2.75, 3.05) is 11.4 Å². The van der Waals surface area contributed by atoms with Crippen LogP contribution in [0.25, 0.3) is 0 Å². The first kappa shape index (κ1) is 17.7. The number of anilines is 1. The molecule has 3 rings (SSSR count). The van der Waals surface area contributed by atoms with Crippen molar-refractivity contribution in [3.05, 3.63) is 52.2 Å². The molecule has 1 fully saturated rings. The zero-order valence-corrected chi connectivity index (χ0v) is 15.7. The molecule has 1 aromatic heterocycles. The van der Waals surface area contributed by atoms with Crippen molar-refractivity contribution in [3.8, 4) is 0 Å². The van der Waals surface area contributed by atoms with Crippen LogP contribution in [0, 0.1) is 5.92 Å². The van der Waals surface area contributed by atoms with Gasteiger partial charge in [0.05, 0.1) is 12.0 Å². The Balaban J connectivity index is 1.67. The first-order chi connectivity index (χ1) is 12.0. The molecule has 0 spiro atoms. The van der Waals surface area contributed by atoms with E-state index in [-0.39, 0.29) is 30.2 Å². The van der Waals surface area contributed by atoms with Crippen molar-refractivity contribution in [2.45, 2.75) is 39.2 Å². The van der Waals surface area contributed by atoms with E-state index in [4.69, 9.17) is 0 Å². The van der Waals surface area contributed by atoms with Crippen molar-refractivity contribution < 1.29 is 9.59 Å².